The molecule has 0 spiro atoms. The molecule has 1 aromatic carbocycles. The first-order valence-electron chi connectivity index (χ1n) is 10.6. The summed E-state index contributed by atoms with van der Waals surface area (Å²) >= 11 is 2.81. The summed E-state index contributed by atoms with van der Waals surface area (Å²) in [6.45, 7) is 0.568. The van der Waals surface area contributed by atoms with Crippen molar-refractivity contribution in [3.63, 3.8) is 0 Å². The van der Waals surface area contributed by atoms with Crippen molar-refractivity contribution in [3.8, 4) is 10.6 Å². The number of anilines is 3. The molecule has 3 N–H and O–H groups in total. The van der Waals surface area contributed by atoms with Crippen molar-refractivity contribution in [1.29, 1.82) is 0 Å². The van der Waals surface area contributed by atoms with Crippen molar-refractivity contribution in [1.82, 2.24) is 15.0 Å². The van der Waals surface area contributed by atoms with Gasteiger partial charge >= 0.3 is 12.2 Å². The summed E-state index contributed by atoms with van der Waals surface area (Å²) in [7, 11) is 0. The number of nitrogens with zero attached hydrogens (tertiary/aromatic N) is 3. The Balaban J connectivity index is 1.16. The number of hydrogen-bond acceptors (Lipinski definition) is 8. The number of fused-ring (bicyclic) bond motifs is 1. The highest BCUT2D eigenvalue weighted by molar-refractivity contribution is 7.22. The average Bonchev–Trinajstić information content (AvgIpc) is 3.60. The molecule has 0 aliphatic carbocycles. The van der Waals surface area contributed by atoms with E-state index in [0.29, 0.717) is 23.9 Å². The Bertz CT molecular complexity index is 1500. The molecule has 0 fully saturated rings. The number of carbonyl (C=O) groups is 1. The maximum atomic E-state index is 12.8. The topological polar surface area (TPSA) is 105 Å². The first kappa shape index (κ1) is 23.8. The number of urea groups is 1. The molecule has 0 unspecified atom stereocenters. The van der Waals surface area contributed by atoms with E-state index in [0.717, 1.165) is 37.9 Å². The van der Waals surface area contributed by atoms with E-state index >= 15 is 0 Å². The van der Waals surface area contributed by atoms with Gasteiger partial charge in [0.1, 0.15) is 17.9 Å². The Kier molecular flexibility index (Phi) is 6.57. The van der Waals surface area contributed by atoms with Crippen LogP contribution in [-0.4, -0.2) is 27.5 Å². The summed E-state index contributed by atoms with van der Waals surface area (Å²) in [4.78, 5) is 26.9. The van der Waals surface area contributed by atoms with E-state index in [1.807, 2.05) is 18.2 Å². The highest BCUT2D eigenvalue weighted by atomic mass is 32.1. The Morgan fingerprint density at radius 1 is 1.03 bits per heavy atom. The first-order valence-corrected chi connectivity index (χ1v) is 12.2. The molecule has 0 saturated carbocycles. The SMILES string of the molecule is O=C(Nc1cccc(C(F)(F)F)c1)Nc1ncc(CCNc2ncnc3cc(-c4ccco4)sc23)s1. The van der Waals surface area contributed by atoms with Crippen LogP contribution in [-0.2, 0) is 12.6 Å². The van der Waals surface area contributed by atoms with E-state index in [9.17, 15) is 18.0 Å². The zero-order valence-corrected chi connectivity index (χ0v) is 19.9. The predicted molar refractivity (Wildman–Crippen MR) is 134 cm³/mol. The summed E-state index contributed by atoms with van der Waals surface area (Å²) in [5.74, 6) is 1.48. The van der Waals surface area contributed by atoms with E-state index in [1.165, 1.54) is 41.1 Å². The van der Waals surface area contributed by atoms with Gasteiger partial charge in [-0.15, -0.1) is 22.7 Å². The van der Waals surface area contributed by atoms with Crippen LogP contribution >= 0.6 is 22.7 Å². The number of amides is 2. The summed E-state index contributed by atoms with van der Waals surface area (Å²) in [6.07, 6.45) is 0.895. The lowest BCUT2D eigenvalue weighted by molar-refractivity contribution is -0.137. The number of halogens is 3. The molecule has 5 aromatic rings. The van der Waals surface area contributed by atoms with Crippen molar-refractivity contribution in [2.24, 2.45) is 0 Å². The molecule has 0 bridgehead atoms. The summed E-state index contributed by atoms with van der Waals surface area (Å²) in [5, 5.41) is 8.58. The predicted octanol–water partition coefficient (Wildman–Crippen LogP) is 6.73. The van der Waals surface area contributed by atoms with Crippen LogP contribution in [0, 0.1) is 0 Å². The molecule has 0 radical (unpaired) electrons. The number of aromatic nitrogens is 3. The van der Waals surface area contributed by atoms with Gasteiger partial charge in [0.05, 0.1) is 26.9 Å². The van der Waals surface area contributed by atoms with Crippen LogP contribution in [0.25, 0.3) is 20.9 Å². The molecule has 4 aromatic heterocycles. The number of hydrogen-bond donors (Lipinski definition) is 3. The van der Waals surface area contributed by atoms with Crippen molar-refractivity contribution < 1.29 is 22.4 Å². The van der Waals surface area contributed by atoms with Gasteiger partial charge < -0.3 is 15.1 Å². The van der Waals surface area contributed by atoms with E-state index in [1.54, 1.807) is 12.5 Å². The fraction of sp³-hybridized carbons (Fsp3) is 0.130. The van der Waals surface area contributed by atoms with Crippen LogP contribution in [0.1, 0.15) is 10.4 Å². The standard InChI is InChI=1S/C23H17F3N6O2S2/c24-23(25,26)13-3-1-4-14(9-13)31-21(33)32-22-28-11-15(35-22)6-7-27-20-19-16(29-12-30-20)10-18(36-19)17-5-2-8-34-17/h1-5,8-12H,6-7H2,(H,27,29,30)(H2,28,31,32,33). The summed E-state index contributed by atoms with van der Waals surface area (Å²) in [6, 6.07) is 9.41. The number of alkyl halides is 3. The molecule has 8 nitrogen and oxygen atoms in total. The highest BCUT2D eigenvalue weighted by Crippen LogP contribution is 2.36. The van der Waals surface area contributed by atoms with Crippen LogP contribution in [0.4, 0.5) is 34.6 Å². The first-order chi connectivity index (χ1) is 17.3. The van der Waals surface area contributed by atoms with Crippen molar-refractivity contribution >= 4 is 55.6 Å². The van der Waals surface area contributed by atoms with Gasteiger partial charge in [0.25, 0.3) is 0 Å². The normalized spacial score (nSPS) is 11.5. The average molecular weight is 531 g/mol. The lowest BCUT2D eigenvalue weighted by Gasteiger charge is -2.09. The molecular weight excluding hydrogens is 513 g/mol. The number of nitrogens with one attached hydrogen (secondary N) is 3. The quantitative estimate of drug-likeness (QED) is 0.216. The maximum absolute atomic E-state index is 12.8. The number of thiazole rings is 1. The molecule has 0 saturated heterocycles. The van der Waals surface area contributed by atoms with E-state index in [4.69, 9.17) is 4.42 Å². The third-order valence-electron chi connectivity index (χ3n) is 4.96. The number of rotatable bonds is 7. The van der Waals surface area contributed by atoms with Crippen molar-refractivity contribution in [3.05, 3.63) is 71.7 Å². The molecule has 0 aliphatic rings. The second kappa shape index (κ2) is 9.95. The third kappa shape index (κ3) is 5.47. The van der Waals surface area contributed by atoms with Gasteiger partial charge in [0.2, 0.25) is 0 Å². The Morgan fingerprint density at radius 2 is 1.92 bits per heavy atom. The van der Waals surface area contributed by atoms with Crippen molar-refractivity contribution in [2.45, 2.75) is 12.6 Å². The molecule has 2 amide bonds. The van der Waals surface area contributed by atoms with E-state index < -0.39 is 17.8 Å². The van der Waals surface area contributed by atoms with Gasteiger partial charge in [-0.3, -0.25) is 5.32 Å². The molecule has 4 heterocycles. The lowest BCUT2D eigenvalue weighted by Crippen LogP contribution is -2.19. The van der Waals surface area contributed by atoms with Crippen LogP contribution in [0.15, 0.2) is 65.7 Å². The number of benzene rings is 1. The maximum Gasteiger partial charge on any atom is 0.416 e. The van der Waals surface area contributed by atoms with E-state index in [2.05, 4.69) is 30.9 Å². The summed E-state index contributed by atoms with van der Waals surface area (Å²) in [5.41, 5.74) is 0.00764. The second-order valence-corrected chi connectivity index (χ2v) is 9.66. The van der Waals surface area contributed by atoms with Crippen LogP contribution in [0.5, 0.6) is 0 Å². The minimum Gasteiger partial charge on any atom is -0.464 e. The Labute approximate surface area is 210 Å². The molecule has 36 heavy (non-hydrogen) atoms. The molecule has 13 heteroatoms. The van der Waals surface area contributed by atoms with E-state index in [-0.39, 0.29) is 5.69 Å². The lowest BCUT2D eigenvalue weighted by atomic mass is 10.2. The molecular formula is C23H17F3N6O2S2. The van der Waals surface area contributed by atoms with Crippen LogP contribution in [0.2, 0.25) is 0 Å². The summed E-state index contributed by atoms with van der Waals surface area (Å²) < 4.78 is 44.9. The molecule has 0 atom stereocenters. The monoisotopic (exact) mass is 530 g/mol. The van der Waals surface area contributed by atoms with Crippen molar-refractivity contribution in [2.75, 3.05) is 22.5 Å². The van der Waals surface area contributed by atoms with Gasteiger partial charge in [0.15, 0.2) is 5.13 Å². The Morgan fingerprint density at radius 3 is 2.72 bits per heavy atom. The minimum atomic E-state index is -4.49. The van der Waals surface area contributed by atoms with Gasteiger partial charge in [0, 0.05) is 29.7 Å². The largest absolute Gasteiger partial charge is 0.464 e. The molecule has 0 aliphatic heterocycles. The number of thiophene rings is 1. The minimum absolute atomic E-state index is 0.0308. The molecule has 184 valence electrons. The van der Waals surface area contributed by atoms with Gasteiger partial charge in [-0.25, -0.2) is 19.7 Å². The number of furan rings is 1. The third-order valence-corrected chi connectivity index (χ3v) is 7.08. The Hall–Kier alpha value is -3.97. The van der Waals surface area contributed by atoms with Gasteiger partial charge in [-0.1, -0.05) is 6.07 Å². The van der Waals surface area contributed by atoms with Gasteiger partial charge in [-0.2, -0.15) is 13.2 Å². The fourth-order valence-electron chi connectivity index (χ4n) is 3.34. The zero-order valence-electron chi connectivity index (χ0n) is 18.3. The smallest absolute Gasteiger partial charge is 0.416 e. The van der Waals surface area contributed by atoms with Crippen LogP contribution < -0.4 is 16.0 Å². The molecule has 5 rings (SSSR count). The fourth-order valence-corrected chi connectivity index (χ4v) is 5.19. The number of carbonyl (C=O) groups excluding carboxylic acids is 1. The highest BCUT2D eigenvalue weighted by Gasteiger charge is 2.30. The van der Waals surface area contributed by atoms with Gasteiger partial charge in [-0.05, 0) is 36.4 Å². The second-order valence-electron chi connectivity index (χ2n) is 7.49. The van der Waals surface area contributed by atoms with Crippen LogP contribution in [0.3, 0.4) is 0 Å². The zero-order chi connectivity index (χ0) is 25.1.